The first kappa shape index (κ1) is 13.1. The molecule has 0 unspecified atom stereocenters. The number of hydrogen-bond donors (Lipinski definition) is 0. The van der Waals surface area contributed by atoms with Gasteiger partial charge in [-0.2, -0.15) is 0 Å². The van der Waals surface area contributed by atoms with E-state index >= 15 is 0 Å². The van der Waals surface area contributed by atoms with Crippen molar-refractivity contribution in [2.45, 2.75) is 26.3 Å². The van der Waals surface area contributed by atoms with Crippen molar-refractivity contribution in [2.24, 2.45) is 0 Å². The minimum Gasteiger partial charge on any atom is -0.460 e. The van der Waals surface area contributed by atoms with Gasteiger partial charge in [0, 0.05) is 13.0 Å². The highest BCUT2D eigenvalue weighted by Crippen LogP contribution is 2.10. The molecule has 1 aliphatic heterocycles. The molecule has 0 aliphatic carbocycles. The van der Waals surface area contributed by atoms with Crippen molar-refractivity contribution in [2.75, 3.05) is 13.2 Å². The van der Waals surface area contributed by atoms with Gasteiger partial charge in [0.2, 0.25) is 5.91 Å². The number of rotatable bonds is 4. The van der Waals surface area contributed by atoms with Crippen molar-refractivity contribution in [3.63, 3.8) is 0 Å². The number of likely N-dealkylation sites (tertiary alicyclic amines) is 1. The third-order valence-electron chi connectivity index (χ3n) is 2.65. The summed E-state index contributed by atoms with van der Waals surface area (Å²) < 4.78 is 5.79. The lowest BCUT2D eigenvalue weighted by molar-refractivity contribution is -0.142. The van der Waals surface area contributed by atoms with E-state index in [1.807, 2.05) is 0 Å². The minimum absolute atomic E-state index is 0.151. The van der Waals surface area contributed by atoms with Crippen molar-refractivity contribution in [1.82, 2.24) is 25.1 Å². The summed E-state index contributed by atoms with van der Waals surface area (Å²) in [6.07, 6.45) is 1.02. The molecule has 0 spiro atoms. The molecular weight excluding hydrogens is 254 g/mol. The van der Waals surface area contributed by atoms with Crippen molar-refractivity contribution in [1.29, 1.82) is 0 Å². The van der Waals surface area contributed by atoms with E-state index in [9.17, 15) is 14.4 Å². The van der Waals surface area contributed by atoms with E-state index in [4.69, 9.17) is 4.74 Å². The summed E-state index contributed by atoms with van der Waals surface area (Å²) in [5.74, 6) is -1.49. The average molecular weight is 267 g/mol. The number of carbonyl (C=O) groups excluding carboxylic acids is 3. The number of esters is 1. The molecule has 1 saturated heterocycles. The van der Waals surface area contributed by atoms with Gasteiger partial charge >= 0.3 is 5.97 Å². The monoisotopic (exact) mass is 267 g/mol. The van der Waals surface area contributed by atoms with Crippen LogP contribution in [0.25, 0.3) is 0 Å². The van der Waals surface area contributed by atoms with Crippen LogP contribution in [0.1, 0.15) is 30.4 Å². The highest BCUT2D eigenvalue weighted by molar-refractivity contribution is 5.96. The molecule has 1 fully saturated rings. The highest BCUT2D eigenvalue weighted by Gasteiger charge is 2.28. The molecule has 2 heterocycles. The second kappa shape index (κ2) is 5.55. The minimum atomic E-state index is -0.701. The first-order valence-electron chi connectivity index (χ1n) is 5.90. The summed E-state index contributed by atoms with van der Waals surface area (Å²) in [5, 5.41) is 10.4. The number of imide groups is 1. The van der Waals surface area contributed by atoms with Crippen LogP contribution in [0.3, 0.4) is 0 Å². The predicted octanol–water partition coefficient (Wildman–Crippen LogP) is -1.00. The topological polar surface area (TPSA) is 107 Å². The van der Waals surface area contributed by atoms with Crippen LogP contribution in [0.15, 0.2) is 0 Å². The number of ether oxygens (including phenoxy) is 1. The third-order valence-corrected chi connectivity index (χ3v) is 2.65. The standard InChI is InChI=1S/C10H13N5O4/c1-2-19-10(18)9-11-12-13-15(9)6-8(17)14-5-3-4-7(14)16/h2-6H2,1H3. The molecule has 0 radical (unpaired) electrons. The highest BCUT2D eigenvalue weighted by atomic mass is 16.5. The van der Waals surface area contributed by atoms with Crippen LogP contribution in [0.4, 0.5) is 0 Å². The van der Waals surface area contributed by atoms with Gasteiger partial charge in [-0.15, -0.1) is 5.10 Å². The molecule has 9 heteroatoms. The molecule has 1 aromatic heterocycles. The van der Waals surface area contributed by atoms with Gasteiger partial charge in [0.1, 0.15) is 6.54 Å². The van der Waals surface area contributed by atoms with E-state index in [1.54, 1.807) is 6.92 Å². The lowest BCUT2D eigenvalue weighted by Crippen LogP contribution is -2.35. The van der Waals surface area contributed by atoms with Crippen LogP contribution >= 0.6 is 0 Å². The fraction of sp³-hybridized carbons (Fsp3) is 0.600. The number of carbonyl (C=O) groups is 3. The Bertz CT molecular complexity index is 512. The van der Waals surface area contributed by atoms with Gasteiger partial charge in [0.05, 0.1) is 6.61 Å². The molecule has 0 atom stereocenters. The number of aromatic nitrogens is 4. The summed E-state index contributed by atoms with van der Waals surface area (Å²) in [6, 6.07) is 0. The Morgan fingerprint density at radius 3 is 2.84 bits per heavy atom. The van der Waals surface area contributed by atoms with E-state index in [2.05, 4.69) is 15.5 Å². The second-order valence-electron chi connectivity index (χ2n) is 3.92. The normalized spacial score (nSPS) is 14.8. The van der Waals surface area contributed by atoms with E-state index in [0.29, 0.717) is 19.4 Å². The number of nitrogens with zero attached hydrogens (tertiary/aromatic N) is 5. The first-order chi connectivity index (χ1) is 9.13. The SMILES string of the molecule is CCOC(=O)c1nnnn1CC(=O)N1CCCC1=O. The zero-order chi connectivity index (χ0) is 13.8. The zero-order valence-electron chi connectivity index (χ0n) is 10.4. The van der Waals surface area contributed by atoms with Gasteiger partial charge in [-0.25, -0.2) is 9.48 Å². The molecule has 0 aromatic carbocycles. The Morgan fingerprint density at radius 2 is 2.21 bits per heavy atom. The van der Waals surface area contributed by atoms with Gasteiger partial charge < -0.3 is 4.74 Å². The summed E-state index contributed by atoms with van der Waals surface area (Å²) >= 11 is 0. The van der Waals surface area contributed by atoms with Crippen LogP contribution in [0.5, 0.6) is 0 Å². The van der Waals surface area contributed by atoms with Crippen LogP contribution in [0, 0.1) is 0 Å². The van der Waals surface area contributed by atoms with Gasteiger partial charge in [-0.3, -0.25) is 14.5 Å². The van der Waals surface area contributed by atoms with Crippen molar-refractivity contribution < 1.29 is 19.1 Å². The molecule has 0 saturated carbocycles. The Balaban J connectivity index is 2.07. The van der Waals surface area contributed by atoms with Gasteiger partial charge in [0.15, 0.2) is 0 Å². The van der Waals surface area contributed by atoms with Crippen molar-refractivity contribution in [3.05, 3.63) is 5.82 Å². The van der Waals surface area contributed by atoms with Crippen LogP contribution in [-0.2, 0) is 20.9 Å². The second-order valence-corrected chi connectivity index (χ2v) is 3.92. The molecule has 2 rings (SSSR count). The average Bonchev–Trinajstić information content (AvgIpc) is 2.98. The van der Waals surface area contributed by atoms with E-state index in [0.717, 1.165) is 9.58 Å². The largest absolute Gasteiger partial charge is 0.460 e. The molecule has 0 bridgehead atoms. The summed E-state index contributed by atoms with van der Waals surface area (Å²) in [5.41, 5.74) is 0. The lowest BCUT2D eigenvalue weighted by atomic mass is 10.4. The van der Waals surface area contributed by atoms with Gasteiger partial charge in [-0.1, -0.05) is 0 Å². The number of tetrazole rings is 1. The maximum Gasteiger partial charge on any atom is 0.378 e. The van der Waals surface area contributed by atoms with E-state index < -0.39 is 11.9 Å². The van der Waals surface area contributed by atoms with E-state index in [-0.39, 0.29) is 24.9 Å². The first-order valence-corrected chi connectivity index (χ1v) is 5.90. The Kier molecular flexibility index (Phi) is 3.83. The zero-order valence-corrected chi connectivity index (χ0v) is 10.4. The van der Waals surface area contributed by atoms with Crippen molar-refractivity contribution >= 4 is 17.8 Å². The summed E-state index contributed by atoms with van der Waals surface area (Å²) in [4.78, 5) is 36.0. The quantitative estimate of drug-likeness (QED) is 0.644. The fourth-order valence-electron chi connectivity index (χ4n) is 1.78. The molecule has 102 valence electrons. The third kappa shape index (κ3) is 2.75. The number of hydrogen-bond acceptors (Lipinski definition) is 7. The number of amides is 2. The Labute approximate surface area is 108 Å². The van der Waals surface area contributed by atoms with Gasteiger partial charge in [0.25, 0.3) is 11.7 Å². The summed E-state index contributed by atoms with van der Waals surface area (Å²) in [6.45, 7) is 1.98. The molecule has 0 N–H and O–H groups in total. The summed E-state index contributed by atoms with van der Waals surface area (Å²) in [7, 11) is 0. The van der Waals surface area contributed by atoms with Crippen molar-refractivity contribution in [3.8, 4) is 0 Å². The maximum absolute atomic E-state index is 11.9. The smallest absolute Gasteiger partial charge is 0.378 e. The molecule has 1 aliphatic rings. The predicted molar refractivity (Wildman–Crippen MR) is 59.7 cm³/mol. The molecule has 9 nitrogen and oxygen atoms in total. The van der Waals surface area contributed by atoms with E-state index in [1.165, 1.54) is 0 Å². The van der Waals surface area contributed by atoms with Gasteiger partial charge in [-0.05, 0) is 23.8 Å². The van der Waals surface area contributed by atoms with Crippen LogP contribution in [-0.4, -0.2) is 56.0 Å². The fourth-order valence-corrected chi connectivity index (χ4v) is 1.78. The molecule has 2 amide bonds. The molecule has 19 heavy (non-hydrogen) atoms. The molecular formula is C10H13N5O4. The lowest BCUT2D eigenvalue weighted by Gasteiger charge is -2.13. The maximum atomic E-state index is 11.9. The Hall–Kier alpha value is -2.32. The van der Waals surface area contributed by atoms with Crippen LogP contribution < -0.4 is 0 Å². The molecule has 1 aromatic rings. The Morgan fingerprint density at radius 1 is 1.42 bits per heavy atom. The van der Waals surface area contributed by atoms with Crippen LogP contribution in [0.2, 0.25) is 0 Å².